The molecule has 0 aliphatic rings. The molecule has 0 aromatic rings. The van der Waals surface area contributed by atoms with Crippen LogP contribution in [0.5, 0.6) is 0 Å². The lowest BCUT2D eigenvalue weighted by Gasteiger charge is -2.20. The largest absolute Gasteiger partial charge is 0.392 e. The van der Waals surface area contributed by atoms with Crippen molar-refractivity contribution in [1.29, 1.82) is 0 Å². The molecule has 5 heteroatoms. The maximum absolute atomic E-state index is 11.5. The lowest BCUT2D eigenvalue weighted by atomic mass is 10.0. The molecule has 0 heterocycles. The average Bonchev–Trinajstić information content (AvgIpc) is 2.62. The van der Waals surface area contributed by atoms with Crippen molar-refractivity contribution in [3.63, 3.8) is 0 Å². The Morgan fingerprint density at radius 3 is 1.33 bits per heavy atom. The van der Waals surface area contributed by atoms with E-state index < -0.39 is 21.5 Å². The van der Waals surface area contributed by atoms with E-state index in [2.05, 4.69) is 6.92 Å². The molecule has 0 spiro atoms. The highest BCUT2D eigenvalue weighted by Gasteiger charge is 2.29. The van der Waals surface area contributed by atoms with E-state index in [1.54, 1.807) is 0 Å². The molecule has 164 valence electrons. The summed E-state index contributed by atoms with van der Waals surface area (Å²) in [5.41, 5.74) is 0. The van der Waals surface area contributed by atoms with Gasteiger partial charge >= 0.3 is 0 Å². The molecule has 0 aliphatic carbocycles. The van der Waals surface area contributed by atoms with E-state index >= 15 is 0 Å². The summed E-state index contributed by atoms with van der Waals surface area (Å²) in [5.74, 6) is 0. The lowest BCUT2D eigenvalue weighted by Crippen LogP contribution is -2.33. The second kappa shape index (κ2) is 17.9. The smallest absolute Gasteiger partial charge is 0.270 e. The molecule has 0 amide bonds. The Morgan fingerprint density at radius 2 is 0.963 bits per heavy atom. The number of aliphatic hydroxyl groups is 1. The number of unbranched alkanes of at least 4 members (excludes halogenated alkanes) is 14. The van der Waals surface area contributed by atoms with Gasteiger partial charge in [0.2, 0.25) is 0 Å². The monoisotopic (exact) mass is 406 g/mol. The van der Waals surface area contributed by atoms with Crippen molar-refractivity contribution in [2.45, 2.75) is 141 Å². The second-order valence-electron chi connectivity index (χ2n) is 8.15. The Kier molecular flexibility index (Phi) is 17.8. The molecule has 27 heavy (non-hydrogen) atoms. The first-order chi connectivity index (χ1) is 12.9. The summed E-state index contributed by atoms with van der Waals surface area (Å²) < 4.78 is 32.4. The molecule has 0 saturated carbocycles. The minimum atomic E-state index is -4.16. The highest BCUT2D eigenvalue weighted by molar-refractivity contribution is 7.86. The molecular weight excluding hydrogens is 360 g/mol. The molecule has 0 rings (SSSR count). The third-order valence-corrected chi connectivity index (χ3v) is 6.82. The van der Waals surface area contributed by atoms with Crippen molar-refractivity contribution in [2.75, 3.05) is 0 Å². The highest BCUT2D eigenvalue weighted by atomic mass is 32.2. The molecule has 0 bridgehead atoms. The molecule has 0 saturated heterocycles. The SMILES string of the molecule is CCCCCCCCCCCCCCCCC(C(O)CCCC)S(=O)(=O)O. The van der Waals surface area contributed by atoms with Gasteiger partial charge in [0.15, 0.2) is 0 Å². The zero-order valence-corrected chi connectivity index (χ0v) is 18.8. The summed E-state index contributed by atoms with van der Waals surface area (Å²) in [6.07, 6.45) is 19.1. The average molecular weight is 407 g/mol. The van der Waals surface area contributed by atoms with Gasteiger partial charge in [-0.2, -0.15) is 8.42 Å². The minimum absolute atomic E-state index is 0.363. The van der Waals surface area contributed by atoms with Crippen molar-refractivity contribution in [3.8, 4) is 0 Å². The maximum atomic E-state index is 11.5. The molecule has 0 aromatic carbocycles. The molecule has 2 atom stereocenters. The Hall–Kier alpha value is -0.130. The van der Waals surface area contributed by atoms with Gasteiger partial charge in [0.05, 0.1) is 6.10 Å². The van der Waals surface area contributed by atoms with Crippen LogP contribution in [-0.2, 0) is 10.1 Å². The molecule has 0 radical (unpaired) electrons. The normalized spacial score (nSPS) is 14.4. The van der Waals surface area contributed by atoms with Crippen LogP contribution in [0.25, 0.3) is 0 Å². The van der Waals surface area contributed by atoms with Crippen LogP contribution in [-0.4, -0.2) is 29.4 Å². The fourth-order valence-electron chi connectivity index (χ4n) is 3.68. The molecule has 2 N–H and O–H groups in total. The van der Waals surface area contributed by atoms with E-state index in [4.69, 9.17) is 0 Å². The fourth-order valence-corrected chi connectivity index (χ4v) is 4.68. The summed E-state index contributed by atoms with van der Waals surface area (Å²) in [4.78, 5) is 0. The van der Waals surface area contributed by atoms with Gasteiger partial charge in [-0.15, -0.1) is 0 Å². The van der Waals surface area contributed by atoms with Crippen LogP contribution in [0, 0.1) is 0 Å². The van der Waals surface area contributed by atoms with E-state index in [1.807, 2.05) is 6.92 Å². The van der Waals surface area contributed by atoms with Gasteiger partial charge in [-0.1, -0.05) is 117 Å². The number of hydrogen-bond donors (Lipinski definition) is 2. The highest BCUT2D eigenvalue weighted by Crippen LogP contribution is 2.19. The third kappa shape index (κ3) is 16.5. The minimum Gasteiger partial charge on any atom is -0.392 e. The van der Waals surface area contributed by atoms with Crippen LogP contribution < -0.4 is 0 Å². The van der Waals surface area contributed by atoms with Gasteiger partial charge in [0.25, 0.3) is 10.1 Å². The zero-order chi connectivity index (χ0) is 20.4. The number of hydrogen-bond acceptors (Lipinski definition) is 3. The standard InChI is InChI=1S/C22H46O4S/c1-3-5-7-8-9-10-11-12-13-14-15-16-17-18-20-22(27(24,25)26)21(23)19-6-4-2/h21-23H,3-20H2,1-2H3,(H,24,25,26). The summed E-state index contributed by atoms with van der Waals surface area (Å²) in [6, 6.07) is 0. The maximum Gasteiger partial charge on any atom is 0.270 e. The van der Waals surface area contributed by atoms with Gasteiger partial charge in [-0.25, -0.2) is 0 Å². The van der Waals surface area contributed by atoms with Gasteiger partial charge in [-0.3, -0.25) is 4.55 Å². The summed E-state index contributed by atoms with van der Waals surface area (Å²) in [6.45, 7) is 4.26. The fraction of sp³-hybridized carbons (Fsp3) is 1.00. The van der Waals surface area contributed by atoms with Crippen LogP contribution in [0.15, 0.2) is 0 Å². The quantitative estimate of drug-likeness (QED) is 0.175. The van der Waals surface area contributed by atoms with E-state index in [-0.39, 0.29) is 0 Å². The topological polar surface area (TPSA) is 74.6 Å². The number of rotatable bonds is 20. The second-order valence-corrected chi connectivity index (χ2v) is 9.78. The van der Waals surface area contributed by atoms with Crippen LogP contribution in [0.2, 0.25) is 0 Å². The molecular formula is C22H46O4S. The Labute approximate surface area is 169 Å². The van der Waals surface area contributed by atoms with Gasteiger partial charge in [0, 0.05) is 0 Å². The van der Waals surface area contributed by atoms with Crippen LogP contribution >= 0.6 is 0 Å². The van der Waals surface area contributed by atoms with Crippen LogP contribution in [0.1, 0.15) is 129 Å². The van der Waals surface area contributed by atoms with E-state index in [0.717, 1.165) is 32.1 Å². The van der Waals surface area contributed by atoms with Gasteiger partial charge in [-0.05, 0) is 12.8 Å². The van der Waals surface area contributed by atoms with Crippen molar-refractivity contribution < 1.29 is 18.1 Å². The van der Waals surface area contributed by atoms with Crippen molar-refractivity contribution in [3.05, 3.63) is 0 Å². The predicted octanol–water partition coefficient (Wildman–Crippen LogP) is 6.67. The van der Waals surface area contributed by atoms with Crippen molar-refractivity contribution >= 4 is 10.1 Å². The predicted molar refractivity (Wildman–Crippen MR) is 116 cm³/mol. The van der Waals surface area contributed by atoms with E-state index in [1.165, 1.54) is 70.6 Å². The number of aliphatic hydroxyl groups excluding tert-OH is 1. The summed E-state index contributed by atoms with van der Waals surface area (Å²) in [7, 11) is -4.16. The third-order valence-electron chi connectivity index (χ3n) is 5.51. The molecule has 0 aromatic heterocycles. The molecule has 0 fully saturated rings. The van der Waals surface area contributed by atoms with E-state index in [0.29, 0.717) is 12.8 Å². The van der Waals surface area contributed by atoms with Crippen LogP contribution in [0.4, 0.5) is 0 Å². The Morgan fingerprint density at radius 1 is 0.593 bits per heavy atom. The summed E-state index contributed by atoms with van der Waals surface area (Å²) >= 11 is 0. The lowest BCUT2D eigenvalue weighted by molar-refractivity contribution is 0.147. The zero-order valence-electron chi connectivity index (χ0n) is 18.0. The van der Waals surface area contributed by atoms with Gasteiger partial charge < -0.3 is 5.11 Å². The Bertz CT molecular complexity index is 409. The molecule has 2 unspecified atom stereocenters. The van der Waals surface area contributed by atoms with Crippen molar-refractivity contribution in [2.24, 2.45) is 0 Å². The summed E-state index contributed by atoms with van der Waals surface area (Å²) in [5, 5.41) is 9.03. The molecule has 4 nitrogen and oxygen atoms in total. The first-order valence-corrected chi connectivity index (χ1v) is 13.1. The first kappa shape index (κ1) is 26.9. The first-order valence-electron chi connectivity index (χ1n) is 11.6. The van der Waals surface area contributed by atoms with Gasteiger partial charge in [0.1, 0.15) is 5.25 Å². The van der Waals surface area contributed by atoms with Crippen molar-refractivity contribution in [1.82, 2.24) is 0 Å². The van der Waals surface area contributed by atoms with E-state index in [9.17, 15) is 18.1 Å². The molecule has 0 aliphatic heterocycles. The van der Waals surface area contributed by atoms with Crippen LogP contribution in [0.3, 0.4) is 0 Å². The Balaban J connectivity index is 3.60.